The SMILES string of the molecule is CC1CN(Cc2cc(C(N)=O)ccc2F)CC1C(=O)O. The zero-order valence-corrected chi connectivity index (χ0v) is 11.2. The number of hydrogen-bond acceptors (Lipinski definition) is 3. The topological polar surface area (TPSA) is 83.6 Å². The largest absolute Gasteiger partial charge is 0.481 e. The first-order chi connectivity index (χ1) is 9.38. The fourth-order valence-corrected chi connectivity index (χ4v) is 2.61. The second kappa shape index (κ2) is 5.58. The predicted molar refractivity (Wildman–Crippen MR) is 70.5 cm³/mol. The maximum Gasteiger partial charge on any atom is 0.308 e. The molecule has 0 aromatic heterocycles. The van der Waals surface area contributed by atoms with Crippen LogP contribution in [0.4, 0.5) is 4.39 Å². The average molecular weight is 280 g/mol. The number of rotatable bonds is 4. The maximum absolute atomic E-state index is 13.7. The van der Waals surface area contributed by atoms with Gasteiger partial charge in [0.05, 0.1) is 5.92 Å². The lowest BCUT2D eigenvalue weighted by Crippen LogP contribution is -2.23. The molecule has 2 atom stereocenters. The molecule has 1 fully saturated rings. The minimum atomic E-state index is -0.827. The molecule has 0 aliphatic carbocycles. The lowest BCUT2D eigenvalue weighted by molar-refractivity contribution is -0.142. The lowest BCUT2D eigenvalue weighted by Gasteiger charge is -2.16. The summed E-state index contributed by atoms with van der Waals surface area (Å²) in [5.74, 6) is -2.26. The molecular formula is C14H17FN2O3. The first-order valence-corrected chi connectivity index (χ1v) is 6.42. The number of carboxylic acids is 1. The predicted octanol–water partition coefficient (Wildman–Crippen LogP) is 1.08. The monoisotopic (exact) mass is 280 g/mol. The van der Waals surface area contributed by atoms with E-state index in [2.05, 4.69) is 0 Å². The van der Waals surface area contributed by atoms with Crippen molar-refractivity contribution in [2.24, 2.45) is 17.6 Å². The molecule has 0 saturated carbocycles. The molecule has 108 valence electrons. The molecule has 1 aromatic carbocycles. The van der Waals surface area contributed by atoms with Crippen molar-refractivity contribution in [3.8, 4) is 0 Å². The van der Waals surface area contributed by atoms with Gasteiger partial charge in [-0.1, -0.05) is 6.92 Å². The van der Waals surface area contributed by atoms with E-state index in [1.807, 2.05) is 11.8 Å². The molecule has 2 unspecified atom stereocenters. The number of amides is 1. The van der Waals surface area contributed by atoms with Crippen LogP contribution in [0.25, 0.3) is 0 Å². The summed E-state index contributed by atoms with van der Waals surface area (Å²) in [4.78, 5) is 24.0. The van der Waals surface area contributed by atoms with Gasteiger partial charge < -0.3 is 10.8 Å². The Morgan fingerprint density at radius 1 is 1.45 bits per heavy atom. The van der Waals surface area contributed by atoms with E-state index in [-0.39, 0.29) is 18.0 Å². The minimum absolute atomic E-state index is 0.0230. The highest BCUT2D eigenvalue weighted by molar-refractivity contribution is 5.92. The molecular weight excluding hydrogens is 263 g/mol. The Kier molecular flexibility index (Phi) is 4.04. The number of aliphatic carboxylic acids is 1. The Labute approximate surface area is 116 Å². The quantitative estimate of drug-likeness (QED) is 0.864. The van der Waals surface area contributed by atoms with Crippen molar-refractivity contribution in [2.45, 2.75) is 13.5 Å². The van der Waals surface area contributed by atoms with Gasteiger partial charge in [-0.25, -0.2) is 4.39 Å². The van der Waals surface area contributed by atoms with Crippen molar-refractivity contribution < 1.29 is 19.1 Å². The Morgan fingerprint density at radius 2 is 2.15 bits per heavy atom. The summed E-state index contributed by atoms with van der Waals surface area (Å²) in [5.41, 5.74) is 5.79. The molecule has 0 bridgehead atoms. The molecule has 6 heteroatoms. The highest BCUT2D eigenvalue weighted by Gasteiger charge is 2.34. The van der Waals surface area contributed by atoms with E-state index in [1.54, 1.807) is 0 Å². The zero-order chi connectivity index (χ0) is 14.9. The van der Waals surface area contributed by atoms with Gasteiger partial charge in [-0.05, 0) is 24.1 Å². The molecule has 1 aliphatic rings. The molecule has 1 saturated heterocycles. The van der Waals surface area contributed by atoms with Gasteiger partial charge in [0.15, 0.2) is 0 Å². The molecule has 20 heavy (non-hydrogen) atoms. The smallest absolute Gasteiger partial charge is 0.308 e. The number of halogens is 1. The van der Waals surface area contributed by atoms with Crippen molar-refractivity contribution in [3.05, 3.63) is 35.1 Å². The van der Waals surface area contributed by atoms with Gasteiger partial charge in [-0.3, -0.25) is 14.5 Å². The highest BCUT2D eigenvalue weighted by Crippen LogP contribution is 2.25. The van der Waals surface area contributed by atoms with Gasteiger partial charge in [0.25, 0.3) is 0 Å². The van der Waals surface area contributed by atoms with Gasteiger partial charge in [0, 0.05) is 30.8 Å². The summed E-state index contributed by atoms with van der Waals surface area (Å²) < 4.78 is 13.7. The van der Waals surface area contributed by atoms with Gasteiger partial charge in [-0.15, -0.1) is 0 Å². The van der Waals surface area contributed by atoms with Crippen molar-refractivity contribution in [2.75, 3.05) is 13.1 Å². The Balaban J connectivity index is 2.13. The molecule has 1 amide bonds. The van der Waals surface area contributed by atoms with Crippen molar-refractivity contribution in [1.82, 2.24) is 4.90 Å². The van der Waals surface area contributed by atoms with Crippen LogP contribution in [0.1, 0.15) is 22.8 Å². The summed E-state index contributed by atoms with van der Waals surface area (Å²) in [5, 5.41) is 9.08. The van der Waals surface area contributed by atoms with Crippen LogP contribution in [0.5, 0.6) is 0 Å². The normalized spacial score (nSPS) is 22.9. The third-order valence-corrected chi connectivity index (χ3v) is 3.73. The van der Waals surface area contributed by atoms with Gasteiger partial charge >= 0.3 is 5.97 Å². The standard InChI is InChI=1S/C14H17FN2O3/c1-8-5-17(7-11(8)14(19)20)6-10-4-9(13(16)18)2-3-12(10)15/h2-4,8,11H,5-7H2,1H3,(H2,16,18)(H,19,20). The number of primary amides is 1. The van der Waals surface area contributed by atoms with E-state index in [0.29, 0.717) is 18.7 Å². The number of nitrogens with zero attached hydrogens (tertiary/aromatic N) is 1. The summed E-state index contributed by atoms with van der Waals surface area (Å²) in [7, 11) is 0. The van der Waals surface area contributed by atoms with E-state index in [4.69, 9.17) is 10.8 Å². The van der Waals surface area contributed by atoms with E-state index in [0.717, 1.165) is 0 Å². The number of carbonyl (C=O) groups excluding carboxylic acids is 1. The third-order valence-electron chi connectivity index (χ3n) is 3.73. The molecule has 5 nitrogen and oxygen atoms in total. The van der Waals surface area contributed by atoms with E-state index in [9.17, 15) is 14.0 Å². The van der Waals surface area contributed by atoms with Gasteiger partial charge in [0.1, 0.15) is 5.82 Å². The van der Waals surface area contributed by atoms with Crippen molar-refractivity contribution >= 4 is 11.9 Å². The fraction of sp³-hybridized carbons (Fsp3) is 0.429. The van der Waals surface area contributed by atoms with Crippen molar-refractivity contribution in [1.29, 1.82) is 0 Å². The maximum atomic E-state index is 13.7. The second-order valence-corrected chi connectivity index (χ2v) is 5.29. The van der Waals surface area contributed by atoms with Crippen LogP contribution in [0.2, 0.25) is 0 Å². The first kappa shape index (κ1) is 14.5. The van der Waals surface area contributed by atoms with Crippen LogP contribution in [0.3, 0.4) is 0 Å². The van der Waals surface area contributed by atoms with Crippen molar-refractivity contribution in [3.63, 3.8) is 0 Å². The van der Waals surface area contributed by atoms with Crippen LogP contribution < -0.4 is 5.73 Å². The number of hydrogen-bond donors (Lipinski definition) is 2. The number of carbonyl (C=O) groups is 2. The van der Waals surface area contributed by atoms with Crippen LogP contribution in [0.15, 0.2) is 18.2 Å². The third kappa shape index (κ3) is 2.96. The van der Waals surface area contributed by atoms with Crippen LogP contribution >= 0.6 is 0 Å². The van der Waals surface area contributed by atoms with Crippen LogP contribution in [0, 0.1) is 17.7 Å². The Bertz CT molecular complexity index is 547. The number of nitrogens with two attached hydrogens (primary N) is 1. The van der Waals surface area contributed by atoms with Crippen LogP contribution in [-0.2, 0) is 11.3 Å². The van der Waals surface area contributed by atoms with E-state index in [1.165, 1.54) is 18.2 Å². The number of carboxylic acid groups (broad SMARTS) is 1. The molecule has 0 spiro atoms. The van der Waals surface area contributed by atoms with E-state index >= 15 is 0 Å². The lowest BCUT2D eigenvalue weighted by atomic mass is 9.99. The number of benzene rings is 1. The second-order valence-electron chi connectivity index (χ2n) is 5.29. The van der Waals surface area contributed by atoms with Gasteiger partial charge in [-0.2, -0.15) is 0 Å². The summed E-state index contributed by atoms with van der Waals surface area (Å²) in [6.07, 6.45) is 0. The molecule has 2 rings (SSSR count). The van der Waals surface area contributed by atoms with Gasteiger partial charge in [0.2, 0.25) is 5.91 Å². The highest BCUT2D eigenvalue weighted by atomic mass is 19.1. The zero-order valence-electron chi connectivity index (χ0n) is 11.2. The molecule has 1 heterocycles. The number of likely N-dealkylation sites (tertiary alicyclic amines) is 1. The summed E-state index contributed by atoms with van der Waals surface area (Å²) in [6.45, 7) is 3.13. The Morgan fingerprint density at radius 3 is 2.70 bits per heavy atom. The fourth-order valence-electron chi connectivity index (χ4n) is 2.61. The summed E-state index contributed by atoms with van der Waals surface area (Å²) in [6, 6.07) is 3.98. The minimum Gasteiger partial charge on any atom is -0.481 e. The molecule has 1 aliphatic heterocycles. The van der Waals surface area contributed by atoms with Crippen LogP contribution in [-0.4, -0.2) is 35.0 Å². The molecule has 3 N–H and O–H groups in total. The molecule has 1 aromatic rings. The Hall–Kier alpha value is -1.95. The van der Waals surface area contributed by atoms with E-state index < -0.39 is 23.6 Å². The average Bonchev–Trinajstić information content (AvgIpc) is 2.73. The molecule has 0 radical (unpaired) electrons. The summed E-state index contributed by atoms with van der Waals surface area (Å²) >= 11 is 0. The first-order valence-electron chi connectivity index (χ1n) is 6.42.